The van der Waals surface area contributed by atoms with E-state index in [1.165, 1.54) is 0 Å². The SMILES string of the molecule is COc1ccc(NC(=O)/C(C#N)=C\c2cccn2C)cc1. The van der Waals surface area contributed by atoms with Gasteiger partial charge < -0.3 is 14.6 Å². The summed E-state index contributed by atoms with van der Waals surface area (Å²) < 4.78 is 6.88. The van der Waals surface area contributed by atoms with Crippen molar-refractivity contribution in [3.05, 3.63) is 53.9 Å². The first kappa shape index (κ1) is 14.4. The normalized spacial score (nSPS) is 10.8. The average Bonchev–Trinajstić information content (AvgIpc) is 2.90. The Hall–Kier alpha value is -3.00. The summed E-state index contributed by atoms with van der Waals surface area (Å²) in [4.78, 5) is 12.1. The molecular formula is C16H15N3O2. The zero-order valence-corrected chi connectivity index (χ0v) is 11.8. The summed E-state index contributed by atoms with van der Waals surface area (Å²) in [7, 11) is 3.42. The highest BCUT2D eigenvalue weighted by Crippen LogP contribution is 2.16. The second-order valence-corrected chi connectivity index (χ2v) is 4.40. The molecule has 1 aromatic heterocycles. The molecule has 21 heavy (non-hydrogen) atoms. The molecule has 1 heterocycles. The highest BCUT2D eigenvalue weighted by molar-refractivity contribution is 6.09. The molecule has 1 N–H and O–H groups in total. The molecule has 0 spiro atoms. The summed E-state index contributed by atoms with van der Waals surface area (Å²) in [6.45, 7) is 0. The lowest BCUT2D eigenvalue weighted by molar-refractivity contribution is -0.112. The predicted octanol–water partition coefficient (Wildman–Crippen LogP) is 2.58. The fraction of sp³-hybridized carbons (Fsp3) is 0.125. The molecule has 0 bridgehead atoms. The van der Waals surface area contributed by atoms with Crippen molar-refractivity contribution >= 4 is 17.7 Å². The summed E-state index contributed by atoms with van der Waals surface area (Å²) >= 11 is 0. The van der Waals surface area contributed by atoms with Crippen molar-refractivity contribution in [2.24, 2.45) is 7.05 Å². The summed E-state index contributed by atoms with van der Waals surface area (Å²) in [5.74, 6) is 0.261. The number of ether oxygens (including phenoxy) is 1. The van der Waals surface area contributed by atoms with Gasteiger partial charge in [0.1, 0.15) is 17.4 Å². The first-order chi connectivity index (χ1) is 10.1. The number of hydrogen-bond acceptors (Lipinski definition) is 3. The quantitative estimate of drug-likeness (QED) is 0.692. The van der Waals surface area contributed by atoms with Gasteiger partial charge in [0.05, 0.1) is 7.11 Å². The Morgan fingerprint density at radius 2 is 2.05 bits per heavy atom. The van der Waals surface area contributed by atoms with E-state index in [-0.39, 0.29) is 5.57 Å². The molecule has 1 amide bonds. The number of aromatic nitrogens is 1. The van der Waals surface area contributed by atoms with Crippen LogP contribution in [0, 0.1) is 11.3 Å². The lowest BCUT2D eigenvalue weighted by Crippen LogP contribution is -2.13. The number of hydrogen-bond donors (Lipinski definition) is 1. The summed E-state index contributed by atoms with van der Waals surface area (Å²) in [5, 5.41) is 11.8. The van der Waals surface area contributed by atoms with E-state index in [9.17, 15) is 4.79 Å². The fourth-order valence-corrected chi connectivity index (χ4v) is 1.79. The van der Waals surface area contributed by atoms with Crippen molar-refractivity contribution in [1.82, 2.24) is 4.57 Å². The lowest BCUT2D eigenvalue weighted by atomic mass is 10.2. The van der Waals surface area contributed by atoms with Crippen LogP contribution in [0.4, 0.5) is 5.69 Å². The number of nitriles is 1. The maximum Gasteiger partial charge on any atom is 0.266 e. The molecule has 5 nitrogen and oxygen atoms in total. The van der Waals surface area contributed by atoms with Crippen LogP contribution >= 0.6 is 0 Å². The second kappa shape index (κ2) is 6.44. The Kier molecular flexibility index (Phi) is 4.42. The zero-order chi connectivity index (χ0) is 15.2. The number of nitrogens with zero attached hydrogens (tertiary/aromatic N) is 2. The van der Waals surface area contributed by atoms with E-state index in [0.717, 1.165) is 5.69 Å². The Morgan fingerprint density at radius 3 is 2.57 bits per heavy atom. The van der Waals surface area contributed by atoms with Crippen molar-refractivity contribution in [2.45, 2.75) is 0 Å². The van der Waals surface area contributed by atoms with Crippen LogP contribution in [0.2, 0.25) is 0 Å². The van der Waals surface area contributed by atoms with Gasteiger partial charge in [-0.05, 0) is 42.5 Å². The van der Waals surface area contributed by atoms with Gasteiger partial charge in [-0.3, -0.25) is 4.79 Å². The number of benzene rings is 1. The molecule has 0 atom stereocenters. The van der Waals surface area contributed by atoms with Crippen molar-refractivity contribution < 1.29 is 9.53 Å². The molecule has 0 aliphatic heterocycles. The second-order valence-electron chi connectivity index (χ2n) is 4.40. The molecule has 0 saturated heterocycles. The van der Waals surface area contributed by atoms with Crippen molar-refractivity contribution in [3.63, 3.8) is 0 Å². The summed E-state index contributed by atoms with van der Waals surface area (Å²) in [5.41, 5.74) is 1.44. The van der Waals surface area contributed by atoms with E-state index in [0.29, 0.717) is 11.4 Å². The summed E-state index contributed by atoms with van der Waals surface area (Å²) in [6, 6.07) is 12.5. The van der Waals surface area contributed by atoms with E-state index in [2.05, 4.69) is 5.32 Å². The molecule has 1 aromatic carbocycles. The van der Waals surface area contributed by atoms with Gasteiger partial charge in [-0.25, -0.2) is 0 Å². The Balaban J connectivity index is 2.15. The van der Waals surface area contributed by atoms with Crippen LogP contribution < -0.4 is 10.1 Å². The van der Waals surface area contributed by atoms with Gasteiger partial charge in [0, 0.05) is 24.6 Å². The van der Waals surface area contributed by atoms with Crippen LogP contribution in [0.25, 0.3) is 6.08 Å². The Bertz CT molecular complexity index is 706. The van der Waals surface area contributed by atoms with Gasteiger partial charge >= 0.3 is 0 Å². The third-order valence-corrected chi connectivity index (χ3v) is 2.99. The lowest BCUT2D eigenvalue weighted by Gasteiger charge is -2.05. The number of anilines is 1. The van der Waals surface area contributed by atoms with Gasteiger partial charge in [0.25, 0.3) is 5.91 Å². The topological polar surface area (TPSA) is 67.0 Å². The maximum absolute atomic E-state index is 12.1. The van der Waals surface area contributed by atoms with Crippen LogP contribution in [0.1, 0.15) is 5.69 Å². The number of aryl methyl sites for hydroxylation is 1. The number of carbonyl (C=O) groups excluding carboxylic acids is 1. The molecule has 5 heteroatoms. The molecule has 106 valence electrons. The smallest absolute Gasteiger partial charge is 0.266 e. The average molecular weight is 281 g/mol. The largest absolute Gasteiger partial charge is 0.497 e. The molecular weight excluding hydrogens is 266 g/mol. The number of carbonyl (C=O) groups is 1. The molecule has 0 aliphatic carbocycles. The maximum atomic E-state index is 12.1. The molecule has 2 rings (SSSR count). The van der Waals surface area contributed by atoms with Gasteiger partial charge in [-0.2, -0.15) is 5.26 Å². The predicted molar refractivity (Wildman–Crippen MR) is 80.6 cm³/mol. The van der Waals surface area contributed by atoms with E-state index in [1.807, 2.05) is 36.0 Å². The van der Waals surface area contributed by atoms with E-state index in [1.54, 1.807) is 37.5 Å². The number of rotatable bonds is 4. The number of methoxy groups -OCH3 is 1. The molecule has 0 aliphatic rings. The minimum Gasteiger partial charge on any atom is -0.497 e. The fourth-order valence-electron chi connectivity index (χ4n) is 1.79. The van der Waals surface area contributed by atoms with Crippen LogP contribution in [0.3, 0.4) is 0 Å². The molecule has 0 saturated carbocycles. The number of nitrogens with one attached hydrogen (secondary N) is 1. The van der Waals surface area contributed by atoms with E-state index in [4.69, 9.17) is 10.00 Å². The summed E-state index contributed by atoms with van der Waals surface area (Å²) in [6.07, 6.45) is 3.40. The highest BCUT2D eigenvalue weighted by atomic mass is 16.5. The van der Waals surface area contributed by atoms with E-state index < -0.39 is 5.91 Å². The van der Waals surface area contributed by atoms with Crippen molar-refractivity contribution in [2.75, 3.05) is 12.4 Å². The van der Waals surface area contributed by atoms with Gasteiger partial charge in [0.2, 0.25) is 0 Å². The Morgan fingerprint density at radius 1 is 1.33 bits per heavy atom. The van der Waals surface area contributed by atoms with Crippen molar-refractivity contribution in [3.8, 4) is 11.8 Å². The highest BCUT2D eigenvalue weighted by Gasteiger charge is 2.10. The standard InChI is InChI=1S/C16H15N3O2/c1-19-9-3-4-14(19)10-12(11-17)16(20)18-13-5-7-15(21-2)8-6-13/h3-10H,1-2H3,(H,18,20)/b12-10-. The first-order valence-corrected chi connectivity index (χ1v) is 6.32. The zero-order valence-electron chi connectivity index (χ0n) is 11.8. The molecule has 0 radical (unpaired) electrons. The molecule has 2 aromatic rings. The van der Waals surface area contributed by atoms with E-state index >= 15 is 0 Å². The van der Waals surface area contributed by atoms with Gasteiger partial charge in [-0.1, -0.05) is 0 Å². The third-order valence-electron chi connectivity index (χ3n) is 2.99. The third kappa shape index (κ3) is 3.51. The van der Waals surface area contributed by atoms with Crippen LogP contribution in [-0.2, 0) is 11.8 Å². The monoisotopic (exact) mass is 281 g/mol. The first-order valence-electron chi connectivity index (χ1n) is 6.32. The number of amides is 1. The van der Waals surface area contributed by atoms with Crippen LogP contribution in [-0.4, -0.2) is 17.6 Å². The Labute approximate surface area is 123 Å². The minimum atomic E-state index is -0.441. The van der Waals surface area contributed by atoms with Crippen LogP contribution in [0.15, 0.2) is 48.2 Å². The van der Waals surface area contributed by atoms with Crippen LogP contribution in [0.5, 0.6) is 5.75 Å². The molecule has 0 fully saturated rings. The minimum absolute atomic E-state index is 0.0487. The van der Waals surface area contributed by atoms with Gasteiger partial charge in [0.15, 0.2) is 0 Å². The van der Waals surface area contributed by atoms with Gasteiger partial charge in [-0.15, -0.1) is 0 Å². The molecule has 0 unspecified atom stereocenters. The van der Waals surface area contributed by atoms with Crippen molar-refractivity contribution in [1.29, 1.82) is 5.26 Å².